The molecule has 6 heteroatoms. The van der Waals surface area contributed by atoms with Crippen LogP contribution in [-0.2, 0) is 25.8 Å². The molecule has 2 aromatic heterocycles. The van der Waals surface area contributed by atoms with Crippen molar-refractivity contribution in [2.75, 3.05) is 18.0 Å². The van der Waals surface area contributed by atoms with E-state index in [1.54, 1.807) is 0 Å². The maximum atomic E-state index is 4.85. The molecule has 23 heavy (non-hydrogen) atoms. The van der Waals surface area contributed by atoms with Gasteiger partial charge in [-0.1, -0.05) is 0 Å². The van der Waals surface area contributed by atoms with Crippen molar-refractivity contribution in [2.45, 2.75) is 57.9 Å². The van der Waals surface area contributed by atoms with Gasteiger partial charge < -0.3 is 4.90 Å². The summed E-state index contributed by atoms with van der Waals surface area (Å²) in [4.78, 5) is 16.7. The van der Waals surface area contributed by atoms with Gasteiger partial charge in [-0.3, -0.25) is 0 Å². The Balaban J connectivity index is 1.39. The smallest absolute Gasteiger partial charge is 0.225 e. The van der Waals surface area contributed by atoms with Crippen molar-refractivity contribution in [3.63, 3.8) is 0 Å². The SMILES string of the molecule is Cc1nc(N2CCc3nc(C4CC4)nn3CC2)nc2c1CCC2. The van der Waals surface area contributed by atoms with E-state index in [1.807, 2.05) is 0 Å². The Morgan fingerprint density at radius 2 is 1.87 bits per heavy atom. The van der Waals surface area contributed by atoms with Gasteiger partial charge in [-0.15, -0.1) is 0 Å². The molecule has 120 valence electrons. The van der Waals surface area contributed by atoms with E-state index in [1.165, 1.54) is 36.2 Å². The van der Waals surface area contributed by atoms with E-state index in [-0.39, 0.29) is 0 Å². The Morgan fingerprint density at radius 3 is 2.74 bits per heavy atom. The summed E-state index contributed by atoms with van der Waals surface area (Å²) in [5.41, 5.74) is 3.81. The van der Waals surface area contributed by atoms with Crippen LogP contribution in [0.4, 0.5) is 5.95 Å². The van der Waals surface area contributed by atoms with Crippen LogP contribution in [0.3, 0.4) is 0 Å². The first-order chi connectivity index (χ1) is 11.3. The molecule has 0 radical (unpaired) electrons. The van der Waals surface area contributed by atoms with Crippen molar-refractivity contribution in [3.8, 4) is 0 Å². The van der Waals surface area contributed by atoms with Crippen molar-refractivity contribution in [3.05, 3.63) is 28.6 Å². The molecule has 3 aliphatic rings. The molecule has 0 unspecified atom stereocenters. The van der Waals surface area contributed by atoms with Crippen LogP contribution >= 0.6 is 0 Å². The van der Waals surface area contributed by atoms with E-state index in [4.69, 9.17) is 20.1 Å². The molecule has 0 bridgehead atoms. The maximum Gasteiger partial charge on any atom is 0.225 e. The molecule has 0 atom stereocenters. The van der Waals surface area contributed by atoms with Gasteiger partial charge in [-0.2, -0.15) is 5.10 Å². The average Bonchev–Trinajstić information content (AvgIpc) is 3.21. The van der Waals surface area contributed by atoms with Crippen molar-refractivity contribution >= 4 is 5.95 Å². The number of hydrogen-bond acceptors (Lipinski definition) is 5. The molecule has 5 rings (SSSR count). The maximum absolute atomic E-state index is 4.85. The second-order valence-corrected chi connectivity index (χ2v) is 7.01. The molecular weight excluding hydrogens is 288 g/mol. The molecule has 1 saturated carbocycles. The minimum absolute atomic E-state index is 0.633. The topological polar surface area (TPSA) is 59.7 Å². The van der Waals surface area contributed by atoms with Crippen LogP contribution in [0.2, 0.25) is 0 Å². The van der Waals surface area contributed by atoms with Gasteiger partial charge in [0.2, 0.25) is 5.95 Å². The zero-order valence-corrected chi connectivity index (χ0v) is 13.6. The lowest BCUT2D eigenvalue weighted by Gasteiger charge is -2.21. The predicted molar refractivity (Wildman–Crippen MR) is 86.7 cm³/mol. The predicted octanol–water partition coefficient (Wildman–Crippen LogP) is 1.81. The Kier molecular flexibility index (Phi) is 2.93. The highest BCUT2D eigenvalue weighted by atomic mass is 15.4. The molecule has 6 nitrogen and oxygen atoms in total. The molecule has 0 aromatic carbocycles. The van der Waals surface area contributed by atoms with Gasteiger partial charge in [0.05, 0.1) is 6.54 Å². The monoisotopic (exact) mass is 310 g/mol. The van der Waals surface area contributed by atoms with Crippen molar-refractivity contribution in [1.82, 2.24) is 24.7 Å². The highest BCUT2D eigenvalue weighted by Crippen LogP contribution is 2.38. The number of fused-ring (bicyclic) bond motifs is 2. The van der Waals surface area contributed by atoms with E-state index in [2.05, 4.69) is 16.5 Å². The molecule has 0 spiro atoms. The van der Waals surface area contributed by atoms with Crippen LogP contribution in [-0.4, -0.2) is 37.8 Å². The van der Waals surface area contributed by atoms with Gasteiger partial charge in [0.25, 0.3) is 0 Å². The number of rotatable bonds is 2. The number of aryl methyl sites for hydroxylation is 2. The summed E-state index contributed by atoms with van der Waals surface area (Å²) < 4.78 is 2.11. The summed E-state index contributed by atoms with van der Waals surface area (Å²) in [5, 5.41) is 4.71. The number of aromatic nitrogens is 5. The van der Waals surface area contributed by atoms with E-state index in [9.17, 15) is 0 Å². The Morgan fingerprint density at radius 1 is 0.957 bits per heavy atom. The van der Waals surface area contributed by atoms with Crippen LogP contribution in [0.25, 0.3) is 0 Å². The fourth-order valence-electron chi connectivity index (χ4n) is 3.78. The molecule has 0 N–H and O–H groups in total. The van der Waals surface area contributed by atoms with Gasteiger partial charge in [-0.05, 0) is 44.6 Å². The lowest BCUT2D eigenvalue weighted by molar-refractivity contribution is 0.599. The third-order valence-corrected chi connectivity index (χ3v) is 5.31. The second kappa shape index (κ2) is 5.01. The Labute approximate surface area is 136 Å². The normalized spacial score (nSPS) is 20.3. The first-order valence-corrected chi connectivity index (χ1v) is 8.83. The van der Waals surface area contributed by atoms with Gasteiger partial charge in [0.15, 0.2) is 5.82 Å². The Bertz CT molecular complexity index is 735. The van der Waals surface area contributed by atoms with Crippen LogP contribution < -0.4 is 4.90 Å². The Hall–Kier alpha value is -1.98. The standard InChI is InChI=1S/C17H22N6/c1-11-13-3-2-4-14(13)19-17(18-11)22-8-7-15-20-16(12-5-6-12)21-23(15)10-9-22/h12H,2-10H2,1H3. The summed E-state index contributed by atoms with van der Waals surface area (Å²) in [6.45, 7) is 4.86. The molecule has 0 amide bonds. The molecule has 1 fully saturated rings. The fraction of sp³-hybridized carbons (Fsp3) is 0.647. The molecule has 1 aliphatic heterocycles. The minimum Gasteiger partial charge on any atom is -0.339 e. The zero-order chi connectivity index (χ0) is 15.4. The third kappa shape index (κ3) is 2.31. The highest BCUT2D eigenvalue weighted by molar-refractivity contribution is 5.39. The van der Waals surface area contributed by atoms with Crippen LogP contribution in [0.15, 0.2) is 0 Å². The summed E-state index contributed by atoms with van der Waals surface area (Å²) in [6, 6.07) is 0. The van der Waals surface area contributed by atoms with Gasteiger partial charge in [0, 0.05) is 36.8 Å². The lowest BCUT2D eigenvalue weighted by atomic mass is 10.2. The largest absolute Gasteiger partial charge is 0.339 e. The van der Waals surface area contributed by atoms with Gasteiger partial charge >= 0.3 is 0 Å². The summed E-state index contributed by atoms with van der Waals surface area (Å²) in [7, 11) is 0. The van der Waals surface area contributed by atoms with E-state index in [0.717, 1.165) is 56.5 Å². The van der Waals surface area contributed by atoms with E-state index >= 15 is 0 Å². The first-order valence-electron chi connectivity index (χ1n) is 8.83. The van der Waals surface area contributed by atoms with Crippen LogP contribution in [0.5, 0.6) is 0 Å². The molecule has 0 saturated heterocycles. The van der Waals surface area contributed by atoms with E-state index < -0.39 is 0 Å². The summed E-state index contributed by atoms with van der Waals surface area (Å²) in [6.07, 6.45) is 6.92. The molecular formula is C17H22N6. The van der Waals surface area contributed by atoms with Crippen LogP contribution in [0.1, 0.15) is 53.8 Å². The zero-order valence-electron chi connectivity index (χ0n) is 13.6. The quantitative estimate of drug-likeness (QED) is 0.846. The van der Waals surface area contributed by atoms with Gasteiger partial charge in [-0.25, -0.2) is 19.6 Å². The summed E-state index contributed by atoms with van der Waals surface area (Å²) in [5.74, 6) is 3.73. The molecule has 2 aromatic rings. The van der Waals surface area contributed by atoms with Crippen molar-refractivity contribution in [1.29, 1.82) is 0 Å². The summed E-state index contributed by atoms with van der Waals surface area (Å²) >= 11 is 0. The third-order valence-electron chi connectivity index (χ3n) is 5.31. The van der Waals surface area contributed by atoms with E-state index in [0.29, 0.717) is 5.92 Å². The minimum atomic E-state index is 0.633. The van der Waals surface area contributed by atoms with Gasteiger partial charge in [0.1, 0.15) is 5.82 Å². The molecule has 3 heterocycles. The average molecular weight is 310 g/mol. The van der Waals surface area contributed by atoms with Crippen molar-refractivity contribution in [2.24, 2.45) is 0 Å². The first kappa shape index (κ1) is 13.5. The second-order valence-electron chi connectivity index (χ2n) is 7.01. The fourth-order valence-corrected chi connectivity index (χ4v) is 3.78. The number of anilines is 1. The lowest BCUT2D eigenvalue weighted by Crippen LogP contribution is -2.29. The molecule has 2 aliphatic carbocycles. The highest BCUT2D eigenvalue weighted by Gasteiger charge is 2.30. The number of nitrogens with zero attached hydrogens (tertiary/aromatic N) is 6. The van der Waals surface area contributed by atoms with Crippen LogP contribution in [0, 0.1) is 6.92 Å². The van der Waals surface area contributed by atoms with Crippen molar-refractivity contribution < 1.29 is 0 Å². The number of hydrogen-bond donors (Lipinski definition) is 0.